The zero-order valence-electron chi connectivity index (χ0n) is 8.37. The van der Waals surface area contributed by atoms with E-state index in [9.17, 15) is 4.79 Å². The number of hydrogen-bond donors (Lipinski definition) is 1. The topological polar surface area (TPSA) is 42.0 Å². The summed E-state index contributed by atoms with van der Waals surface area (Å²) in [5, 5.41) is 3.39. The van der Waals surface area contributed by atoms with Crippen LogP contribution in [-0.4, -0.2) is 16.9 Å². The van der Waals surface area contributed by atoms with E-state index in [4.69, 9.17) is 11.6 Å². The maximum atomic E-state index is 11.8. The van der Waals surface area contributed by atoms with E-state index in [0.29, 0.717) is 16.6 Å². The fourth-order valence-corrected chi connectivity index (χ4v) is 2.10. The highest BCUT2D eigenvalue weighted by atomic mass is 35.5. The van der Waals surface area contributed by atoms with Crippen molar-refractivity contribution in [2.75, 3.05) is 0 Å². The molecule has 0 unspecified atom stereocenters. The van der Waals surface area contributed by atoms with E-state index in [1.54, 1.807) is 12.3 Å². The predicted octanol–water partition coefficient (Wildman–Crippen LogP) is 2.41. The number of amides is 1. The minimum Gasteiger partial charge on any atom is -0.349 e. The van der Waals surface area contributed by atoms with Crippen LogP contribution in [0.3, 0.4) is 0 Å². The Balaban J connectivity index is 2.04. The molecule has 3 nitrogen and oxygen atoms in total. The molecule has 0 aliphatic heterocycles. The minimum atomic E-state index is -0.0886. The van der Waals surface area contributed by atoms with Gasteiger partial charge in [0.1, 0.15) is 0 Å². The second-order valence-electron chi connectivity index (χ2n) is 3.81. The van der Waals surface area contributed by atoms with Crippen molar-refractivity contribution in [3.05, 3.63) is 29.0 Å². The van der Waals surface area contributed by atoms with Gasteiger partial charge in [0.15, 0.2) is 0 Å². The van der Waals surface area contributed by atoms with Crippen molar-refractivity contribution in [3.8, 4) is 0 Å². The quantitative estimate of drug-likeness (QED) is 0.838. The van der Waals surface area contributed by atoms with E-state index in [1.165, 1.54) is 19.0 Å². The molecule has 0 bridgehead atoms. The van der Waals surface area contributed by atoms with Gasteiger partial charge in [-0.15, -0.1) is 0 Å². The van der Waals surface area contributed by atoms with E-state index < -0.39 is 0 Å². The molecule has 1 amide bonds. The zero-order chi connectivity index (χ0) is 10.7. The van der Waals surface area contributed by atoms with E-state index in [-0.39, 0.29) is 5.91 Å². The van der Waals surface area contributed by atoms with Crippen LogP contribution in [-0.2, 0) is 0 Å². The Hall–Kier alpha value is -1.09. The van der Waals surface area contributed by atoms with Crippen molar-refractivity contribution in [1.82, 2.24) is 10.3 Å². The lowest BCUT2D eigenvalue weighted by molar-refractivity contribution is 0.0938. The van der Waals surface area contributed by atoms with Crippen LogP contribution in [0.25, 0.3) is 0 Å². The first-order valence-electron chi connectivity index (χ1n) is 5.18. The third kappa shape index (κ3) is 2.48. The Morgan fingerprint density at radius 1 is 1.47 bits per heavy atom. The van der Waals surface area contributed by atoms with Gasteiger partial charge in [-0.25, -0.2) is 0 Å². The molecule has 1 fully saturated rings. The van der Waals surface area contributed by atoms with Gasteiger partial charge in [0, 0.05) is 18.4 Å². The molecular formula is C11H13ClN2O. The van der Waals surface area contributed by atoms with Gasteiger partial charge in [-0.05, 0) is 18.9 Å². The lowest BCUT2D eigenvalue weighted by Gasteiger charge is -2.12. The van der Waals surface area contributed by atoms with Crippen molar-refractivity contribution in [2.24, 2.45) is 0 Å². The number of pyridine rings is 1. The lowest BCUT2D eigenvalue weighted by atomic mass is 10.2. The molecule has 80 valence electrons. The number of nitrogens with one attached hydrogen (secondary N) is 1. The van der Waals surface area contributed by atoms with Crippen molar-refractivity contribution in [2.45, 2.75) is 31.7 Å². The second kappa shape index (κ2) is 4.62. The molecule has 0 atom stereocenters. The molecule has 0 aromatic carbocycles. The van der Waals surface area contributed by atoms with Gasteiger partial charge in [0.25, 0.3) is 5.91 Å². The zero-order valence-corrected chi connectivity index (χ0v) is 9.13. The summed E-state index contributed by atoms with van der Waals surface area (Å²) >= 11 is 5.88. The molecule has 0 spiro atoms. The van der Waals surface area contributed by atoms with Gasteiger partial charge in [-0.2, -0.15) is 0 Å². The van der Waals surface area contributed by atoms with Gasteiger partial charge in [0.05, 0.1) is 10.6 Å². The molecule has 1 heterocycles. The molecule has 1 N–H and O–H groups in total. The van der Waals surface area contributed by atoms with Crippen LogP contribution < -0.4 is 5.32 Å². The van der Waals surface area contributed by atoms with E-state index >= 15 is 0 Å². The Labute approximate surface area is 93.8 Å². The first-order valence-corrected chi connectivity index (χ1v) is 5.55. The average Bonchev–Trinajstić information content (AvgIpc) is 2.71. The number of carbonyl (C=O) groups is 1. The Kier molecular flexibility index (Phi) is 3.21. The number of aromatic nitrogens is 1. The summed E-state index contributed by atoms with van der Waals surface area (Å²) in [6.45, 7) is 0. The van der Waals surface area contributed by atoms with Gasteiger partial charge in [-0.1, -0.05) is 24.4 Å². The SMILES string of the molecule is O=C(NC1CCCC1)c1ccncc1Cl. The fourth-order valence-electron chi connectivity index (χ4n) is 1.89. The van der Waals surface area contributed by atoms with Crippen LogP contribution in [0.2, 0.25) is 5.02 Å². The Morgan fingerprint density at radius 3 is 2.87 bits per heavy atom. The standard InChI is InChI=1S/C11H13ClN2O/c12-10-7-13-6-5-9(10)11(15)14-8-3-1-2-4-8/h5-8H,1-4H2,(H,14,15). The molecule has 15 heavy (non-hydrogen) atoms. The van der Waals surface area contributed by atoms with Crippen molar-refractivity contribution >= 4 is 17.5 Å². The van der Waals surface area contributed by atoms with Gasteiger partial charge in [0.2, 0.25) is 0 Å². The van der Waals surface area contributed by atoms with Crippen LogP contribution in [0, 0.1) is 0 Å². The molecular weight excluding hydrogens is 212 g/mol. The normalized spacial score (nSPS) is 16.6. The summed E-state index contributed by atoms with van der Waals surface area (Å²) in [6, 6.07) is 1.97. The average molecular weight is 225 g/mol. The molecule has 1 aromatic rings. The summed E-state index contributed by atoms with van der Waals surface area (Å²) < 4.78 is 0. The first kappa shape index (κ1) is 10.4. The summed E-state index contributed by atoms with van der Waals surface area (Å²) in [4.78, 5) is 15.6. The highest BCUT2D eigenvalue weighted by Crippen LogP contribution is 2.19. The van der Waals surface area contributed by atoms with Crippen LogP contribution in [0.15, 0.2) is 18.5 Å². The first-order chi connectivity index (χ1) is 7.27. The second-order valence-corrected chi connectivity index (χ2v) is 4.22. The van der Waals surface area contributed by atoms with Crippen LogP contribution in [0.5, 0.6) is 0 Å². The highest BCUT2D eigenvalue weighted by molar-refractivity contribution is 6.33. The smallest absolute Gasteiger partial charge is 0.253 e. The molecule has 1 saturated carbocycles. The monoisotopic (exact) mass is 224 g/mol. The third-order valence-electron chi connectivity index (χ3n) is 2.71. The lowest BCUT2D eigenvalue weighted by Crippen LogP contribution is -2.32. The Bertz CT molecular complexity index is 361. The largest absolute Gasteiger partial charge is 0.349 e. The number of halogens is 1. The molecule has 1 aliphatic rings. The van der Waals surface area contributed by atoms with E-state index in [2.05, 4.69) is 10.3 Å². The molecule has 1 aliphatic carbocycles. The molecule has 0 saturated heterocycles. The summed E-state index contributed by atoms with van der Waals surface area (Å²) in [6.07, 6.45) is 7.63. The number of nitrogens with zero attached hydrogens (tertiary/aromatic N) is 1. The maximum absolute atomic E-state index is 11.8. The summed E-state index contributed by atoms with van der Waals surface area (Å²) in [5.41, 5.74) is 0.513. The number of hydrogen-bond acceptors (Lipinski definition) is 2. The molecule has 1 aromatic heterocycles. The fraction of sp³-hybridized carbons (Fsp3) is 0.455. The van der Waals surface area contributed by atoms with E-state index in [1.807, 2.05) is 0 Å². The van der Waals surface area contributed by atoms with Crippen molar-refractivity contribution in [1.29, 1.82) is 0 Å². The summed E-state index contributed by atoms with van der Waals surface area (Å²) in [5.74, 6) is -0.0886. The van der Waals surface area contributed by atoms with Gasteiger partial charge in [-0.3, -0.25) is 9.78 Å². The number of carbonyl (C=O) groups excluding carboxylic acids is 1. The highest BCUT2D eigenvalue weighted by Gasteiger charge is 2.18. The number of rotatable bonds is 2. The van der Waals surface area contributed by atoms with Crippen LogP contribution in [0.1, 0.15) is 36.0 Å². The van der Waals surface area contributed by atoms with Gasteiger partial charge >= 0.3 is 0 Å². The minimum absolute atomic E-state index is 0.0886. The molecule has 0 radical (unpaired) electrons. The van der Waals surface area contributed by atoms with Crippen molar-refractivity contribution < 1.29 is 4.79 Å². The van der Waals surface area contributed by atoms with Gasteiger partial charge < -0.3 is 5.32 Å². The van der Waals surface area contributed by atoms with Crippen LogP contribution >= 0.6 is 11.6 Å². The predicted molar refractivity (Wildman–Crippen MR) is 59.0 cm³/mol. The van der Waals surface area contributed by atoms with Crippen molar-refractivity contribution in [3.63, 3.8) is 0 Å². The summed E-state index contributed by atoms with van der Waals surface area (Å²) in [7, 11) is 0. The maximum Gasteiger partial charge on any atom is 0.253 e. The molecule has 2 rings (SSSR count). The van der Waals surface area contributed by atoms with Crippen LogP contribution in [0.4, 0.5) is 0 Å². The molecule has 4 heteroatoms. The Morgan fingerprint density at radius 2 is 2.20 bits per heavy atom. The third-order valence-corrected chi connectivity index (χ3v) is 3.01. The van der Waals surface area contributed by atoms with E-state index in [0.717, 1.165) is 12.8 Å².